The number of anilines is 1. The third-order valence-corrected chi connectivity index (χ3v) is 4.33. The second-order valence-corrected chi connectivity index (χ2v) is 6.64. The number of nitrogens with one attached hydrogen (secondary N) is 1. The molecule has 0 aromatic heterocycles. The summed E-state index contributed by atoms with van der Waals surface area (Å²) in [6.07, 6.45) is -0.725. The lowest BCUT2D eigenvalue weighted by molar-refractivity contribution is -0.122. The summed E-state index contributed by atoms with van der Waals surface area (Å²) in [6, 6.07) is 9.97. The number of esters is 1. The minimum atomic E-state index is -0.725. The minimum Gasteiger partial charge on any atom is -0.480 e. The maximum absolute atomic E-state index is 12.4. The molecule has 7 heteroatoms. The van der Waals surface area contributed by atoms with Crippen molar-refractivity contribution in [3.8, 4) is 5.75 Å². The first-order chi connectivity index (χ1) is 11.8. The lowest BCUT2D eigenvalue weighted by atomic mass is 10.1. The second-order valence-electron chi connectivity index (χ2n) is 5.35. The van der Waals surface area contributed by atoms with E-state index in [1.54, 1.807) is 50.2 Å². The van der Waals surface area contributed by atoms with E-state index >= 15 is 0 Å². The first-order valence-electron chi connectivity index (χ1n) is 7.43. The van der Waals surface area contributed by atoms with Gasteiger partial charge in [0.2, 0.25) is 0 Å². The van der Waals surface area contributed by atoms with E-state index in [0.717, 1.165) is 5.56 Å². The van der Waals surface area contributed by atoms with Gasteiger partial charge in [-0.2, -0.15) is 0 Å². The van der Waals surface area contributed by atoms with Crippen LogP contribution in [0.1, 0.15) is 22.8 Å². The molecule has 2 rings (SSSR count). The zero-order valence-corrected chi connectivity index (χ0v) is 16.3. The lowest BCUT2D eigenvalue weighted by Crippen LogP contribution is -2.30. The number of halogens is 2. The Labute approximate surface area is 159 Å². The summed E-state index contributed by atoms with van der Waals surface area (Å²) in [4.78, 5) is 23.9. The van der Waals surface area contributed by atoms with Crippen LogP contribution in [-0.2, 0) is 9.53 Å². The van der Waals surface area contributed by atoms with Gasteiger partial charge < -0.3 is 14.8 Å². The number of aryl methyl sites for hydroxylation is 1. The molecule has 1 amide bonds. The molecular weight excluding hydrogens is 410 g/mol. The highest BCUT2D eigenvalue weighted by Gasteiger charge is 2.17. The summed E-state index contributed by atoms with van der Waals surface area (Å²) in [5.41, 5.74) is 1.77. The van der Waals surface area contributed by atoms with Gasteiger partial charge in [-0.3, -0.25) is 4.79 Å². The summed E-state index contributed by atoms with van der Waals surface area (Å²) < 4.78 is 11.0. The van der Waals surface area contributed by atoms with E-state index in [9.17, 15) is 9.59 Å². The van der Waals surface area contributed by atoms with Crippen LogP contribution in [-0.4, -0.2) is 25.1 Å². The summed E-state index contributed by atoms with van der Waals surface area (Å²) >= 11 is 9.24. The summed E-state index contributed by atoms with van der Waals surface area (Å²) in [5.74, 6) is -0.217. The molecule has 1 N–H and O–H groups in total. The van der Waals surface area contributed by atoms with Crippen LogP contribution < -0.4 is 10.1 Å². The van der Waals surface area contributed by atoms with E-state index in [-0.39, 0.29) is 5.91 Å². The topological polar surface area (TPSA) is 64.6 Å². The Morgan fingerprint density at radius 3 is 2.52 bits per heavy atom. The van der Waals surface area contributed by atoms with E-state index in [1.807, 2.05) is 0 Å². The lowest BCUT2D eigenvalue weighted by Gasteiger charge is -2.17. The van der Waals surface area contributed by atoms with Crippen LogP contribution in [0.4, 0.5) is 5.69 Å². The van der Waals surface area contributed by atoms with Gasteiger partial charge in [0, 0.05) is 10.7 Å². The van der Waals surface area contributed by atoms with Crippen molar-refractivity contribution in [2.24, 2.45) is 0 Å². The van der Waals surface area contributed by atoms with E-state index in [4.69, 9.17) is 16.3 Å². The van der Waals surface area contributed by atoms with Crippen LogP contribution >= 0.6 is 27.5 Å². The number of carbonyl (C=O) groups excluding carboxylic acids is 2. The molecule has 0 saturated carbocycles. The predicted octanol–water partition coefficient (Wildman–Crippen LogP) is 4.60. The number of hydrogen-bond donors (Lipinski definition) is 1. The molecule has 1 atom stereocenters. The van der Waals surface area contributed by atoms with Crippen molar-refractivity contribution in [1.29, 1.82) is 0 Å². The molecular formula is C18H17BrClNO4. The second kappa shape index (κ2) is 8.36. The Balaban J connectivity index is 2.07. The van der Waals surface area contributed by atoms with Gasteiger partial charge in [0.15, 0.2) is 6.10 Å². The zero-order chi connectivity index (χ0) is 18.6. The first-order valence-corrected chi connectivity index (χ1v) is 8.60. The van der Waals surface area contributed by atoms with E-state index in [1.165, 1.54) is 7.11 Å². The zero-order valence-electron chi connectivity index (χ0n) is 13.9. The quantitative estimate of drug-likeness (QED) is 0.710. The molecule has 0 bridgehead atoms. The predicted molar refractivity (Wildman–Crippen MR) is 100 cm³/mol. The van der Waals surface area contributed by atoms with Gasteiger partial charge in [0.1, 0.15) is 5.75 Å². The first kappa shape index (κ1) is 19.3. The van der Waals surface area contributed by atoms with Crippen LogP contribution in [0, 0.1) is 6.92 Å². The molecule has 0 unspecified atom stereocenters. The van der Waals surface area contributed by atoms with Gasteiger partial charge in [-0.05, 0) is 71.7 Å². The van der Waals surface area contributed by atoms with Gasteiger partial charge >= 0.3 is 5.97 Å². The fraction of sp³-hybridized carbons (Fsp3) is 0.222. The molecule has 0 spiro atoms. The highest BCUT2D eigenvalue weighted by atomic mass is 79.9. The molecule has 0 saturated heterocycles. The maximum atomic E-state index is 12.4. The van der Waals surface area contributed by atoms with Crippen LogP contribution in [0.25, 0.3) is 0 Å². The SMILES string of the molecule is COC(=O)c1ccc(NC(=O)[C@H](C)Oc2ccc(Cl)cc2Br)c(C)c1. The Bertz CT molecular complexity index is 810. The smallest absolute Gasteiger partial charge is 0.337 e. The van der Waals surface area contributed by atoms with E-state index in [2.05, 4.69) is 26.0 Å². The van der Waals surface area contributed by atoms with Crippen molar-refractivity contribution < 1.29 is 19.1 Å². The van der Waals surface area contributed by atoms with Gasteiger partial charge in [0.05, 0.1) is 17.1 Å². The number of rotatable bonds is 5. The van der Waals surface area contributed by atoms with Crippen molar-refractivity contribution >= 4 is 45.1 Å². The normalized spacial score (nSPS) is 11.6. The van der Waals surface area contributed by atoms with Crippen LogP contribution in [0.5, 0.6) is 5.75 Å². The van der Waals surface area contributed by atoms with Crippen LogP contribution in [0.15, 0.2) is 40.9 Å². The average molecular weight is 427 g/mol. The molecule has 0 fully saturated rings. The Morgan fingerprint density at radius 1 is 1.20 bits per heavy atom. The van der Waals surface area contributed by atoms with Crippen LogP contribution in [0.2, 0.25) is 5.02 Å². The Hall–Kier alpha value is -2.05. The van der Waals surface area contributed by atoms with Gasteiger partial charge in [-0.25, -0.2) is 4.79 Å². The highest BCUT2D eigenvalue weighted by molar-refractivity contribution is 9.10. The van der Waals surface area contributed by atoms with Crippen LogP contribution in [0.3, 0.4) is 0 Å². The average Bonchev–Trinajstić information content (AvgIpc) is 2.58. The summed E-state index contributed by atoms with van der Waals surface area (Å²) in [7, 11) is 1.32. The maximum Gasteiger partial charge on any atom is 0.337 e. The van der Waals surface area contributed by atoms with Crippen molar-refractivity contribution in [1.82, 2.24) is 0 Å². The van der Waals surface area contributed by atoms with Gasteiger partial charge in [0.25, 0.3) is 5.91 Å². The van der Waals surface area contributed by atoms with Gasteiger partial charge in [-0.15, -0.1) is 0 Å². The van der Waals surface area contributed by atoms with Crippen molar-refractivity contribution in [2.75, 3.05) is 12.4 Å². The van der Waals surface area contributed by atoms with Crippen molar-refractivity contribution in [3.05, 3.63) is 57.0 Å². The number of methoxy groups -OCH3 is 1. The van der Waals surface area contributed by atoms with Gasteiger partial charge in [-0.1, -0.05) is 11.6 Å². The fourth-order valence-electron chi connectivity index (χ4n) is 2.10. The molecule has 25 heavy (non-hydrogen) atoms. The molecule has 2 aromatic rings. The Kier molecular flexibility index (Phi) is 6.45. The van der Waals surface area contributed by atoms with E-state index < -0.39 is 12.1 Å². The number of ether oxygens (including phenoxy) is 2. The van der Waals surface area contributed by atoms with Crippen molar-refractivity contribution in [3.63, 3.8) is 0 Å². The fourth-order valence-corrected chi connectivity index (χ4v) is 2.87. The number of hydrogen-bond acceptors (Lipinski definition) is 4. The number of carbonyl (C=O) groups is 2. The molecule has 0 heterocycles. The summed E-state index contributed by atoms with van der Waals surface area (Å²) in [5, 5.41) is 3.36. The molecule has 0 aliphatic rings. The van der Waals surface area contributed by atoms with Crippen molar-refractivity contribution in [2.45, 2.75) is 20.0 Å². The largest absolute Gasteiger partial charge is 0.480 e. The third-order valence-electron chi connectivity index (χ3n) is 3.47. The van der Waals surface area contributed by atoms with E-state index in [0.29, 0.717) is 26.5 Å². The standard InChI is InChI=1S/C18H17BrClNO4/c1-10-8-12(18(23)24-3)4-6-15(10)21-17(22)11(2)25-16-7-5-13(20)9-14(16)19/h4-9,11H,1-3H3,(H,21,22)/t11-/m0/s1. The molecule has 132 valence electrons. The third kappa shape index (κ3) is 4.96. The molecule has 0 aliphatic heterocycles. The molecule has 0 aliphatic carbocycles. The Morgan fingerprint density at radius 2 is 1.92 bits per heavy atom. The monoisotopic (exact) mass is 425 g/mol. The molecule has 5 nitrogen and oxygen atoms in total. The summed E-state index contributed by atoms with van der Waals surface area (Å²) in [6.45, 7) is 3.44. The molecule has 0 radical (unpaired) electrons. The number of amides is 1. The highest BCUT2D eigenvalue weighted by Crippen LogP contribution is 2.29. The number of benzene rings is 2. The molecule has 2 aromatic carbocycles. The minimum absolute atomic E-state index is 0.309.